The van der Waals surface area contributed by atoms with E-state index in [1.165, 1.54) is 48.4 Å². The lowest BCUT2D eigenvalue weighted by Crippen LogP contribution is -2.46. The molecule has 2 N–H and O–H groups in total. The van der Waals surface area contributed by atoms with E-state index in [9.17, 15) is 14.4 Å². The van der Waals surface area contributed by atoms with Gasteiger partial charge in [-0.3, -0.25) is 14.5 Å². The maximum Gasteiger partial charge on any atom is 0.338 e. The van der Waals surface area contributed by atoms with Gasteiger partial charge in [-0.1, -0.05) is 60.7 Å². The van der Waals surface area contributed by atoms with Crippen LogP contribution in [0.15, 0.2) is 102 Å². The Balaban J connectivity index is 1.86. The molecule has 1 heterocycles. The number of ether oxygens (including phenoxy) is 2. The van der Waals surface area contributed by atoms with E-state index in [1.54, 1.807) is 42.5 Å². The number of ketones is 1. The average molecular weight is 545 g/mol. The lowest BCUT2D eigenvalue weighted by molar-refractivity contribution is -0.150. The molecule has 204 valence electrons. The van der Waals surface area contributed by atoms with Crippen LogP contribution in [-0.4, -0.2) is 31.9 Å². The average Bonchev–Trinajstić information content (AvgIpc) is 2.97. The first-order valence-electron chi connectivity index (χ1n) is 12.6. The van der Waals surface area contributed by atoms with Crippen LogP contribution in [-0.2, 0) is 23.9 Å². The van der Waals surface area contributed by atoms with Crippen LogP contribution in [0.2, 0.25) is 0 Å². The third-order valence-corrected chi connectivity index (χ3v) is 7.44. The Labute approximate surface area is 229 Å². The summed E-state index contributed by atoms with van der Waals surface area (Å²) in [6, 6.07) is 20.3. The van der Waals surface area contributed by atoms with Crippen molar-refractivity contribution in [2.75, 3.05) is 19.1 Å². The van der Waals surface area contributed by atoms with Crippen molar-refractivity contribution in [2.45, 2.75) is 18.3 Å². The van der Waals surface area contributed by atoms with E-state index in [0.717, 1.165) is 7.11 Å². The van der Waals surface area contributed by atoms with Crippen LogP contribution in [0.4, 0.5) is 14.5 Å². The summed E-state index contributed by atoms with van der Waals surface area (Å²) < 4.78 is 40.7. The van der Waals surface area contributed by atoms with Crippen molar-refractivity contribution in [2.24, 2.45) is 11.7 Å². The highest BCUT2D eigenvalue weighted by Crippen LogP contribution is 2.52. The number of rotatable bonds is 5. The summed E-state index contributed by atoms with van der Waals surface area (Å²) in [5.41, 5.74) is 7.22. The van der Waals surface area contributed by atoms with E-state index in [2.05, 4.69) is 0 Å². The number of nitrogens with two attached hydrogens (primary N) is 1. The van der Waals surface area contributed by atoms with Crippen molar-refractivity contribution in [3.8, 4) is 0 Å². The Morgan fingerprint density at radius 1 is 0.875 bits per heavy atom. The SMILES string of the molecule is COC(=O)C1=C(N)N(c2ccccc2F)C2=C(C(=O)[C@H](C(=O)OC)[C@@H](c3ccccc3)C2)[C@H]1c1ccccc1F. The lowest BCUT2D eigenvalue weighted by atomic mass is 9.67. The van der Waals surface area contributed by atoms with Gasteiger partial charge in [0, 0.05) is 22.8 Å². The quantitative estimate of drug-likeness (QED) is 0.367. The molecule has 0 bridgehead atoms. The number of carbonyl (C=O) groups excluding carboxylic acids is 3. The molecule has 0 radical (unpaired) electrons. The summed E-state index contributed by atoms with van der Waals surface area (Å²) in [6.07, 6.45) is 0.0410. The summed E-state index contributed by atoms with van der Waals surface area (Å²) in [7, 11) is 2.31. The molecule has 40 heavy (non-hydrogen) atoms. The largest absolute Gasteiger partial charge is 0.468 e. The number of methoxy groups -OCH3 is 2. The van der Waals surface area contributed by atoms with E-state index in [1.807, 2.05) is 0 Å². The van der Waals surface area contributed by atoms with Crippen LogP contribution < -0.4 is 10.6 Å². The summed E-state index contributed by atoms with van der Waals surface area (Å²) in [5.74, 6) is -7.27. The highest BCUT2D eigenvalue weighted by molar-refractivity contribution is 6.14. The second-order valence-corrected chi connectivity index (χ2v) is 9.48. The molecular formula is C31H26F2N2O5. The lowest BCUT2D eigenvalue weighted by Gasteiger charge is -2.44. The third-order valence-electron chi connectivity index (χ3n) is 7.44. The molecule has 0 saturated heterocycles. The van der Waals surface area contributed by atoms with Crippen LogP contribution in [0.5, 0.6) is 0 Å². The fourth-order valence-corrected chi connectivity index (χ4v) is 5.68. The Bertz CT molecular complexity index is 1570. The van der Waals surface area contributed by atoms with Gasteiger partial charge in [0.25, 0.3) is 0 Å². The van der Waals surface area contributed by atoms with Gasteiger partial charge in [0.15, 0.2) is 5.78 Å². The zero-order valence-electron chi connectivity index (χ0n) is 21.8. The molecule has 0 aromatic heterocycles. The van der Waals surface area contributed by atoms with Gasteiger partial charge < -0.3 is 15.2 Å². The van der Waals surface area contributed by atoms with Gasteiger partial charge in [0.2, 0.25) is 0 Å². The van der Waals surface area contributed by atoms with Gasteiger partial charge in [-0.2, -0.15) is 0 Å². The number of hydrogen-bond donors (Lipinski definition) is 1. The number of hydrogen-bond acceptors (Lipinski definition) is 7. The summed E-state index contributed by atoms with van der Waals surface area (Å²) in [5, 5.41) is 0. The molecule has 3 aromatic rings. The third kappa shape index (κ3) is 4.33. The number of allylic oxidation sites excluding steroid dienone is 2. The van der Waals surface area contributed by atoms with Crippen LogP contribution >= 0.6 is 0 Å². The van der Waals surface area contributed by atoms with Crippen molar-refractivity contribution >= 4 is 23.4 Å². The van der Waals surface area contributed by atoms with Gasteiger partial charge in [0.1, 0.15) is 23.4 Å². The van der Waals surface area contributed by atoms with E-state index < -0.39 is 47.1 Å². The first kappa shape index (κ1) is 26.8. The molecule has 0 spiro atoms. The van der Waals surface area contributed by atoms with Gasteiger partial charge in [-0.25, -0.2) is 13.6 Å². The van der Waals surface area contributed by atoms with Crippen molar-refractivity contribution in [3.05, 3.63) is 124 Å². The second-order valence-electron chi connectivity index (χ2n) is 9.48. The normalized spacial score (nSPS) is 20.8. The molecule has 9 heteroatoms. The minimum atomic E-state index is -1.32. The van der Waals surface area contributed by atoms with Gasteiger partial charge in [-0.05, 0) is 30.2 Å². The molecule has 0 unspecified atom stereocenters. The standard InChI is InChI=1S/C31H26F2N2O5/c1-39-30(37)25-19(17-10-4-3-5-11-17)16-23-26(28(25)36)24(18-12-6-7-13-20(18)32)27(31(38)40-2)29(34)35(23)22-15-9-8-14-21(22)33/h3-15,19,24-25H,16,34H2,1-2H3/t19-,24-,25-/m1/s1. The predicted molar refractivity (Wildman–Crippen MR) is 143 cm³/mol. The van der Waals surface area contributed by atoms with Gasteiger partial charge in [-0.15, -0.1) is 0 Å². The van der Waals surface area contributed by atoms with Crippen molar-refractivity contribution in [1.29, 1.82) is 0 Å². The molecule has 3 aromatic carbocycles. The fourth-order valence-electron chi connectivity index (χ4n) is 5.68. The highest BCUT2D eigenvalue weighted by atomic mass is 19.1. The van der Waals surface area contributed by atoms with Gasteiger partial charge >= 0.3 is 11.9 Å². The van der Waals surface area contributed by atoms with E-state index >= 15 is 8.78 Å². The molecule has 1 aliphatic carbocycles. The number of benzene rings is 3. The first-order chi connectivity index (χ1) is 19.3. The Morgan fingerprint density at radius 3 is 2.12 bits per heavy atom. The van der Waals surface area contributed by atoms with Crippen molar-refractivity contribution < 1.29 is 32.6 Å². The Kier molecular flexibility index (Phi) is 7.21. The fraction of sp³-hybridized carbons (Fsp3) is 0.194. The number of nitrogens with zero attached hydrogens (tertiary/aromatic N) is 1. The molecule has 0 fully saturated rings. The number of anilines is 1. The molecule has 2 aliphatic rings. The Morgan fingerprint density at radius 2 is 1.50 bits per heavy atom. The van der Waals surface area contributed by atoms with E-state index in [-0.39, 0.29) is 40.3 Å². The smallest absolute Gasteiger partial charge is 0.338 e. The number of Topliss-reactive ketones (excluding diaryl/α,β-unsaturated/α-hetero) is 1. The van der Waals surface area contributed by atoms with Crippen LogP contribution in [0.1, 0.15) is 29.4 Å². The molecule has 7 nitrogen and oxygen atoms in total. The zero-order chi connectivity index (χ0) is 28.6. The first-order valence-corrected chi connectivity index (χ1v) is 12.6. The van der Waals surface area contributed by atoms with E-state index in [4.69, 9.17) is 15.2 Å². The van der Waals surface area contributed by atoms with Crippen molar-refractivity contribution in [3.63, 3.8) is 0 Å². The topological polar surface area (TPSA) is 98.9 Å². The maximum atomic E-state index is 15.4. The number of halogens is 2. The van der Waals surface area contributed by atoms with Crippen LogP contribution in [0, 0.1) is 17.6 Å². The number of para-hydroxylation sites is 1. The number of carbonyl (C=O) groups is 3. The summed E-state index contributed by atoms with van der Waals surface area (Å²) in [6.45, 7) is 0. The monoisotopic (exact) mass is 544 g/mol. The molecule has 1 aliphatic heterocycles. The van der Waals surface area contributed by atoms with Crippen LogP contribution in [0.3, 0.4) is 0 Å². The highest BCUT2D eigenvalue weighted by Gasteiger charge is 2.51. The molecule has 5 rings (SSSR count). The minimum Gasteiger partial charge on any atom is -0.468 e. The Hall–Kier alpha value is -4.79. The zero-order valence-corrected chi connectivity index (χ0v) is 21.8. The summed E-state index contributed by atoms with van der Waals surface area (Å²) in [4.78, 5) is 42.1. The second kappa shape index (κ2) is 10.8. The predicted octanol–water partition coefficient (Wildman–Crippen LogP) is 4.71. The molecule has 3 atom stereocenters. The minimum absolute atomic E-state index is 0.0124. The van der Waals surface area contributed by atoms with Crippen molar-refractivity contribution in [1.82, 2.24) is 0 Å². The molecule has 0 saturated carbocycles. The maximum absolute atomic E-state index is 15.4. The number of esters is 2. The molecule has 0 amide bonds. The molecular weight excluding hydrogens is 518 g/mol. The van der Waals surface area contributed by atoms with Gasteiger partial charge in [0.05, 0.1) is 31.4 Å². The van der Waals surface area contributed by atoms with Crippen LogP contribution in [0.25, 0.3) is 0 Å². The summed E-state index contributed by atoms with van der Waals surface area (Å²) >= 11 is 0. The van der Waals surface area contributed by atoms with E-state index in [0.29, 0.717) is 5.56 Å².